The van der Waals surface area contributed by atoms with E-state index in [-0.39, 0.29) is 35.9 Å². The van der Waals surface area contributed by atoms with E-state index in [4.69, 9.17) is 0 Å². The van der Waals surface area contributed by atoms with Crippen LogP contribution < -0.4 is 5.32 Å². The minimum absolute atomic E-state index is 0. The normalized spacial score (nSPS) is 17.3. The molecule has 1 aliphatic rings. The summed E-state index contributed by atoms with van der Waals surface area (Å²) in [5, 5.41) is 3.09. The Morgan fingerprint density at radius 1 is 1.16 bits per heavy atom. The fraction of sp³-hybridized carbons (Fsp3) is 0.500. The summed E-state index contributed by atoms with van der Waals surface area (Å²) in [7, 11) is 0. The van der Waals surface area contributed by atoms with Gasteiger partial charge in [-0.05, 0) is 19.1 Å². The van der Waals surface area contributed by atoms with Crippen molar-refractivity contribution in [2.75, 3.05) is 26.2 Å². The first-order valence-electron chi connectivity index (χ1n) is 5.64. The van der Waals surface area contributed by atoms with Crippen LogP contribution in [-0.4, -0.2) is 31.1 Å². The first kappa shape index (κ1) is 18.5. The Balaban J connectivity index is 0.00000162. The van der Waals surface area contributed by atoms with Gasteiger partial charge in [0.2, 0.25) is 0 Å². The van der Waals surface area contributed by atoms with Crippen LogP contribution in [0.25, 0.3) is 0 Å². The Morgan fingerprint density at radius 2 is 1.74 bits per heavy atom. The monoisotopic (exact) mass is 316 g/mol. The number of benzene rings is 1. The smallest absolute Gasteiger partial charge is 0.182 e. The van der Waals surface area contributed by atoms with Gasteiger partial charge in [-0.25, -0.2) is 13.2 Å². The fourth-order valence-electron chi connectivity index (χ4n) is 1.97. The zero-order chi connectivity index (χ0) is 12.4. The highest BCUT2D eigenvalue weighted by molar-refractivity contribution is 5.85. The van der Waals surface area contributed by atoms with Crippen molar-refractivity contribution in [2.24, 2.45) is 0 Å². The number of halogens is 5. The van der Waals surface area contributed by atoms with Crippen molar-refractivity contribution in [3.05, 3.63) is 34.9 Å². The van der Waals surface area contributed by atoms with E-state index in [1.54, 1.807) is 4.90 Å². The SMILES string of the molecule is Cc1c(F)ccc(C(F)N2CCNCC2)c1F.Cl.Cl. The molecule has 0 bridgehead atoms. The summed E-state index contributed by atoms with van der Waals surface area (Å²) in [6, 6.07) is 2.30. The molecule has 0 saturated carbocycles. The summed E-state index contributed by atoms with van der Waals surface area (Å²) >= 11 is 0. The van der Waals surface area contributed by atoms with Gasteiger partial charge in [0, 0.05) is 37.3 Å². The second-order valence-electron chi connectivity index (χ2n) is 4.20. The lowest BCUT2D eigenvalue weighted by Crippen LogP contribution is -2.44. The van der Waals surface area contributed by atoms with E-state index in [0.717, 1.165) is 6.07 Å². The second-order valence-corrected chi connectivity index (χ2v) is 4.20. The molecule has 2 rings (SSSR count). The number of alkyl halides is 1. The molecular formula is C12H17Cl2F3N2. The number of rotatable bonds is 2. The maximum atomic E-state index is 14.1. The van der Waals surface area contributed by atoms with E-state index >= 15 is 0 Å². The first-order valence-corrected chi connectivity index (χ1v) is 5.64. The molecule has 1 aromatic carbocycles. The maximum absolute atomic E-state index is 14.1. The van der Waals surface area contributed by atoms with Crippen molar-refractivity contribution >= 4 is 24.8 Å². The van der Waals surface area contributed by atoms with Crippen LogP contribution in [0.2, 0.25) is 0 Å². The van der Waals surface area contributed by atoms with Gasteiger partial charge in [0.25, 0.3) is 0 Å². The number of nitrogens with zero attached hydrogens (tertiary/aromatic N) is 1. The Kier molecular flexibility index (Phi) is 7.74. The summed E-state index contributed by atoms with van der Waals surface area (Å²) in [5.41, 5.74) is -0.203. The molecule has 0 aromatic heterocycles. The summed E-state index contributed by atoms with van der Waals surface area (Å²) in [5.74, 6) is -1.42. The molecule has 1 saturated heterocycles. The molecule has 0 amide bonds. The highest BCUT2D eigenvalue weighted by Gasteiger charge is 2.25. The van der Waals surface area contributed by atoms with Gasteiger partial charge in [-0.15, -0.1) is 24.8 Å². The minimum Gasteiger partial charge on any atom is -0.314 e. The Hall–Kier alpha value is -0.490. The number of nitrogens with one attached hydrogen (secondary N) is 1. The molecule has 1 aromatic rings. The minimum atomic E-state index is -1.50. The Labute approximate surface area is 123 Å². The van der Waals surface area contributed by atoms with Gasteiger partial charge in [0.1, 0.15) is 11.6 Å². The first-order chi connectivity index (χ1) is 8.11. The molecule has 110 valence electrons. The molecule has 0 aliphatic carbocycles. The third-order valence-corrected chi connectivity index (χ3v) is 3.08. The summed E-state index contributed by atoms with van der Waals surface area (Å²) in [4.78, 5) is 1.55. The third-order valence-electron chi connectivity index (χ3n) is 3.08. The van der Waals surface area contributed by atoms with Crippen LogP contribution in [0, 0.1) is 18.6 Å². The predicted molar refractivity (Wildman–Crippen MR) is 73.9 cm³/mol. The highest BCUT2D eigenvalue weighted by atomic mass is 35.5. The van der Waals surface area contributed by atoms with E-state index in [1.807, 2.05) is 0 Å². The van der Waals surface area contributed by atoms with Crippen molar-refractivity contribution in [1.82, 2.24) is 10.2 Å². The molecule has 1 atom stereocenters. The lowest BCUT2D eigenvalue weighted by atomic mass is 10.1. The standard InChI is InChI=1S/C12H15F3N2.2ClH/c1-8-10(13)3-2-9(11(8)14)12(15)17-6-4-16-5-7-17;;/h2-3,12,16H,4-7H2,1H3;2*1H. The summed E-state index contributed by atoms with van der Waals surface area (Å²) in [6.07, 6.45) is -1.50. The van der Waals surface area contributed by atoms with Gasteiger partial charge < -0.3 is 5.32 Å². The molecule has 1 heterocycles. The van der Waals surface area contributed by atoms with E-state index in [2.05, 4.69) is 5.32 Å². The van der Waals surface area contributed by atoms with Crippen molar-refractivity contribution in [3.8, 4) is 0 Å². The highest BCUT2D eigenvalue weighted by Crippen LogP contribution is 2.27. The van der Waals surface area contributed by atoms with Gasteiger partial charge >= 0.3 is 0 Å². The zero-order valence-corrected chi connectivity index (χ0v) is 12.1. The summed E-state index contributed by atoms with van der Waals surface area (Å²) in [6.45, 7) is 3.73. The topological polar surface area (TPSA) is 15.3 Å². The Morgan fingerprint density at radius 3 is 2.32 bits per heavy atom. The van der Waals surface area contributed by atoms with Gasteiger partial charge in [-0.3, -0.25) is 4.90 Å². The van der Waals surface area contributed by atoms with E-state index < -0.39 is 17.9 Å². The quantitative estimate of drug-likeness (QED) is 0.844. The fourth-order valence-corrected chi connectivity index (χ4v) is 1.97. The summed E-state index contributed by atoms with van der Waals surface area (Å²) < 4.78 is 41.0. The number of hydrogen-bond acceptors (Lipinski definition) is 2. The van der Waals surface area contributed by atoms with Crippen LogP contribution in [0.1, 0.15) is 17.4 Å². The molecule has 0 spiro atoms. The molecule has 1 fully saturated rings. The largest absolute Gasteiger partial charge is 0.314 e. The second kappa shape index (κ2) is 7.94. The predicted octanol–water partition coefficient (Wildman–Crippen LogP) is 2.99. The Bertz CT molecular complexity index is 412. The number of hydrogen-bond donors (Lipinski definition) is 1. The van der Waals surface area contributed by atoms with Crippen LogP contribution in [-0.2, 0) is 0 Å². The van der Waals surface area contributed by atoms with E-state index in [0.29, 0.717) is 26.2 Å². The molecule has 0 radical (unpaired) electrons. The van der Waals surface area contributed by atoms with Crippen LogP contribution >= 0.6 is 24.8 Å². The van der Waals surface area contributed by atoms with Crippen LogP contribution in [0.3, 0.4) is 0 Å². The average molecular weight is 317 g/mol. The van der Waals surface area contributed by atoms with Gasteiger partial charge in [-0.1, -0.05) is 0 Å². The van der Waals surface area contributed by atoms with E-state index in [1.165, 1.54) is 13.0 Å². The number of piperazine rings is 1. The van der Waals surface area contributed by atoms with Crippen LogP contribution in [0.15, 0.2) is 12.1 Å². The molecule has 7 heteroatoms. The van der Waals surface area contributed by atoms with Gasteiger partial charge in [-0.2, -0.15) is 0 Å². The van der Waals surface area contributed by atoms with Crippen molar-refractivity contribution in [2.45, 2.75) is 13.2 Å². The van der Waals surface area contributed by atoms with Gasteiger partial charge in [0.05, 0.1) is 0 Å². The molecule has 1 N–H and O–H groups in total. The molecular weight excluding hydrogens is 300 g/mol. The lowest BCUT2D eigenvalue weighted by molar-refractivity contribution is 0.0668. The third kappa shape index (κ3) is 3.99. The van der Waals surface area contributed by atoms with Crippen molar-refractivity contribution < 1.29 is 13.2 Å². The van der Waals surface area contributed by atoms with E-state index in [9.17, 15) is 13.2 Å². The molecule has 1 aliphatic heterocycles. The molecule has 1 unspecified atom stereocenters. The van der Waals surface area contributed by atoms with Crippen LogP contribution in [0.4, 0.5) is 13.2 Å². The average Bonchev–Trinajstić information content (AvgIpc) is 2.36. The van der Waals surface area contributed by atoms with Gasteiger partial charge in [0.15, 0.2) is 6.30 Å². The van der Waals surface area contributed by atoms with Crippen molar-refractivity contribution in [3.63, 3.8) is 0 Å². The maximum Gasteiger partial charge on any atom is 0.182 e. The van der Waals surface area contributed by atoms with Crippen LogP contribution in [0.5, 0.6) is 0 Å². The molecule has 19 heavy (non-hydrogen) atoms. The van der Waals surface area contributed by atoms with Crippen molar-refractivity contribution in [1.29, 1.82) is 0 Å². The molecule has 2 nitrogen and oxygen atoms in total. The lowest BCUT2D eigenvalue weighted by Gasteiger charge is -2.30. The zero-order valence-electron chi connectivity index (χ0n) is 10.5.